The van der Waals surface area contributed by atoms with E-state index in [2.05, 4.69) is 32.7 Å². The van der Waals surface area contributed by atoms with E-state index in [0.29, 0.717) is 28.1 Å². The Labute approximate surface area is 266 Å². The van der Waals surface area contributed by atoms with Gasteiger partial charge < -0.3 is 24.1 Å². The van der Waals surface area contributed by atoms with E-state index in [-0.39, 0.29) is 49.5 Å². The summed E-state index contributed by atoms with van der Waals surface area (Å²) in [5.74, 6) is 2.45. The van der Waals surface area contributed by atoms with Gasteiger partial charge in [0.1, 0.15) is 0 Å². The molecule has 7 fully saturated rings. The van der Waals surface area contributed by atoms with Gasteiger partial charge in [-0.15, -0.1) is 0 Å². The maximum Gasteiger partial charge on any atom is 0.303 e. The summed E-state index contributed by atoms with van der Waals surface area (Å²) in [6, 6.07) is 0. The Morgan fingerprint density at radius 2 is 1.74 bits per heavy atom. The fourth-order valence-electron chi connectivity index (χ4n) is 12.6. The summed E-state index contributed by atoms with van der Waals surface area (Å²) < 4.78 is 25.3. The van der Waals surface area contributed by atoms with Gasteiger partial charge in [-0.2, -0.15) is 13.5 Å². The number of carbonyl (C=O) groups excluding carboxylic acids is 1. The summed E-state index contributed by atoms with van der Waals surface area (Å²) in [7, 11) is 2.17. The summed E-state index contributed by atoms with van der Waals surface area (Å²) >= 11 is 0. The molecule has 2 aliphatic heterocycles. The molecule has 1 N–H and O–H groups in total. The maximum atomic E-state index is 11.9. The SMILES string of the molecule is CC(=O)O[C@@H](C1CCC2C(CC3C4CCC5C(C)(C)[C@@H](OC6CN(C)CCO6)CCC56CC46CCC23C)O1)C(C)(C)O.S. The van der Waals surface area contributed by atoms with Crippen LogP contribution in [0.2, 0.25) is 0 Å². The Morgan fingerprint density at radius 1 is 1.00 bits per heavy atom. The van der Waals surface area contributed by atoms with Crippen LogP contribution in [0, 0.1) is 45.3 Å². The molecule has 0 radical (unpaired) electrons. The van der Waals surface area contributed by atoms with E-state index in [9.17, 15) is 9.90 Å². The smallest absolute Gasteiger partial charge is 0.303 e. The van der Waals surface area contributed by atoms with Crippen molar-refractivity contribution in [1.82, 2.24) is 4.90 Å². The lowest BCUT2D eigenvalue weighted by Gasteiger charge is -2.60. The number of likely N-dealkylation sites (N-methyl/N-ethyl adjacent to an activating group) is 1. The molecule has 10 unspecified atom stereocenters. The first-order chi connectivity index (χ1) is 19.7. The molecule has 7 nitrogen and oxygen atoms in total. The predicted molar refractivity (Wildman–Crippen MR) is 170 cm³/mol. The zero-order chi connectivity index (χ0) is 29.9. The van der Waals surface area contributed by atoms with Gasteiger partial charge in [-0.1, -0.05) is 20.8 Å². The van der Waals surface area contributed by atoms with E-state index >= 15 is 0 Å². The first kappa shape index (κ1) is 32.6. The van der Waals surface area contributed by atoms with E-state index in [1.54, 1.807) is 13.8 Å². The summed E-state index contributed by atoms with van der Waals surface area (Å²) in [6.45, 7) is 15.1. The number of nitrogens with zero attached hydrogens (tertiary/aromatic N) is 1. The van der Waals surface area contributed by atoms with Crippen molar-refractivity contribution in [3.8, 4) is 0 Å². The van der Waals surface area contributed by atoms with Gasteiger partial charge in [0.15, 0.2) is 12.4 Å². The second-order valence-electron chi connectivity index (χ2n) is 17.2. The summed E-state index contributed by atoms with van der Waals surface area (Å²) in [4.78, 5) is 14.2. The first-order valence-electron chi connectivity index (χ1n) is 17.2. The van der Waals surface area contributed by atoms with Crippen LogP contribution >= 0.6 is 13.5 Å². The Balaban J connectivity index is 0.00000329. The first-order valence-corrected chi connectivity index (χ1v) is 17.2. The Morgan fingerprint density at radius 3 is 2.44 bits per heavy atom. The van der Waals surface area contributed by atoms with Gasteiger partial charge in [-0.3, -0.25) is 9.69 Å². The molecule has 7 aliphatic rings. The molecule has 0 amide bonds. The molecule has 2 heterocycles. The quantitative estimate of drug-likeness (QED) is 0.396. The highest BCUT2D eigenvalue weighted by atomic mass is 32.1. The molecule has 5 aliphatic carbocycles. The molecule has 0 bridgehead atoms. The molecule has 2 saturated heterocycles. The molecule has 5 saturated carbocycles. The third kappa shape index (κ3) is 4.89. The van der Waals surface area contributed by atoms with Gasteiger partial charge in [0, 0.05) is 20.0 Å². The standard InChI is InChI=1S/C35H57NO6.H2S/c1-21(37)40-30(32(4,5)38)25-10-8-23-26(41-25)18-24-22-9-11-27-31(2,3)28(42-29-19-36(7)16-17-39-29)12-13-35(27)20-34(22,35)15-14-33(23,24)6;/h22-30,38H,8-20H2,1-7H3;1H2/t22?,23?,24?,25?,26?,27?,28-,29?,30-,33?,34?,35?;/m0./s1. The van der Waals surface area contributed by atoms with Crippen molar-refractivity contribution in [2.45, 2.75) is 142 Å². The number of ether oxygens (including phenoxy) is 4. The van der Waals surface area contributed by atoms with Gasteiger partial charge >= 0.3 is 5.97 Å². The number of hydrogen-bond donors (Lipinski definition) is 1. The molecular formula is C35H59NO6S. The van der Waals surface area contributed by atoms with Crippen LogP contribution in [0.4, 0.5) is 0 Å². The van der Waals surface area contributed by atoms with Gasteiger partial charge in [0.05, 0.1) is 30.5 Å². The largest absolute Gasteiger partial charge is 0.457 e. The number of esters is 1. The summed E-state index contributed by atoms with van der Waals surface area (Å²) in [6.07, 6.45) is 11.9. The average molecular weight is 622 g/mol. The monoisotopic (exact) mass is 621 g/mol. The van der Waals surface area contributed by atoms with Crippen LogP contribution in [0.15, 0.2) is 0 Å². The van der Waals surface area contributed by atoms with Crippen LogP contribution in [0.3, 0.4) is 0 Å². The van der Waals surface area contributed by atoms with Gasteiger partial charge in [-0.25, -0.2) is 0 Å². The molecule has 12 atom stereocenters. The summed E-state index contributed by atoms with van der Waals surface area (Å²) in [5, 5.41) is 10.9. The van der Waals surface area contributed by atoms with E-state index in [4.69, 9.17) is 18.9 Å². The highest BCUT2D eigenvalue weighted by molar-refractivity contribution is 7.59. The van der Waals surface area contributed by atoms with Gasteiger partial charge in [0.2, 0.25) is 0 Å². The number of fused-ring (bicyclic) bond motifs is 4. The van der Waals surface area contributed by atoms with Crippen molar-refractivity contribution < 1.29 is 28.8 Å². The lowest BCUT2D eigenvalue weighted by molar-refractivity contribution is -0.243. The topological polar surface area (TPSA) is 77.5 Å². The second kappa shape index (κ2) is 10.8. The highest BCUT2D eigenvalue weighted by Crippen LogP contribution is 2.87. The molecule has 8 heteroatoms. The van der Waals surface area contributed by atoms with Crippen molar-refractivity contribution in [3.63, 3.8) is 0 Å². The highest BCUT2D eigenvalue weighted by Gasteiger charge is 2.80. The van der Waals surface area contributed by atoms with Gasteiger partial charge in [-0.05, 0) is 130 Å². The van der Waals surface area contributed by atoms with Crippen molar-refractivity contribution in [2.24, 2.45) is 45.3 Å². The minimum absolute atomic E-state index is 0. The minimum atomic E-state index is -1.13. The Hall–Kier alpha value is -0.380. The number of carbonyl (C=O) groups is 1. The third-order valence-electron chi connectivity index (χ3n) is 14.4. The molecule has 0 aromatic carbocycles. The second-order valence-corrected chi connectivity index (χ2v) is 17.2. The van der Waals surface area contributed by atoms with E-state index < -0.39 is 11.7 Å². The van der Waals surface area contributed by atoms with Crippen LogP contribution < -0.4 is 0 Å². The lowest BCUT2D eigenvalue weighted by Crippen LogP contribution is -2.56. The molecular weight excluding hydrogens is 562 g/mol. The van der Waals surface area contributed by atoms with Crippen LogP contribution in [0.1, 0.15) is 106 Å². The lowest BCUT2D eigenvalue weighted by atomic mass is 9.46. The third-order valence-corrected chi connectivity index (χ3v) is 14.4. The Bertz CT molecular complexity index is 1080. The number of morpholine rings is 1. The van der Waals surface area contributed by atoms with E-state index in [0.717, 1.165) is 57.2 Å². The predicted octanol–water partition coefficient (Wildman–Crippen LogP) is 5.68. The molecule has 0 aromatic rings. The maximum absolute atomic E-state index is 11.9. The van der Waals surface area contributed by atoms with Crippen molar-refractivity contribution in [3.05, 3.63) is 0 Å². The van der Waals surface area contributed by atoms with Crippen molar-refractivity contribution in [2.75, 3.05) is 26.7 Å². The van der Waals surface area contributed by atoms with E-state index in [1.807, 2.05) is 0 Å². The Kier molecular flexibility index (Phi) is 8.20. The van der Waals surface area contributed by atoms with Crippen LogP contribution in [-0.2, 0) is 23.7 Å². The minimum Gasteiger partial charge on any atom is -0.457 e. The van der Waals surface area contributed by atoms with Crippen LogP contribution in [0.5, 0.6) is 0 Å². The van der Waals surface area contributed by atoms with Crippen LogP contribution in [-0.4, -0.2) is 79.0 Å². The normalized spacial score (nSPS) is 49.2. The number of hydrogen-bond acceptors (Lipinski definition) is 7. The average Bonchev–Trinajstić information content (AvgIpc) is 3.48. The zero-order valence-electron chi connectivity index (χ0n) is 27.8. The molecule has 0 aromatic heterocycles. The fraction of sp³-hybridized carbons (Fsp3) is 0.971. The number of rotatable bonds is 5. The molecule has 7 rings (SSSR count). The number of aliphatic hydroxyl groups is 1. The van der Waals surface area contributed by atoms with E-state index in [1.165, 1.54) is 45.4 Å². The van der Waals surface area contributed by atoms with Gasteiger partial charge in [0.25, 0.3) is 0 Å². The van der Waals surface area contributed by atoms with Crippen LogP contribution in [0.25, 0.3) is 0 Å². The molecule has 2 spiro atoms. The van der Waals surface area contributed by atoms with Crippen molar-refractivity contribution >= 4 is 19.5 Å². The van der Waals surface area contributed by atoms with Crippen molar-refractivity contribution in [1.29, 1.82) is 0 Å². The molecule has 43 heavy (non-hydrogen) atoms. The molecule has 246 valence electrons. The zero-order valence-corrected chi connectivity index (χ0v) is 28.8. The summed E-state index contributed by atoms with van der Waals surface area (Å²) in [5.41, 5.74) is 0.354. The fourth-order valence-corrected chi connectivity index (χ4v) is 12.6.